The molecule has 2 aromatic rings. The van der Waals surface area contributed by atoms with Gasteiger partial charge in [0.1, 0.15) is 18.0 Å². The molecule has 120 valence electrons. The van der Waals surface area contributed by atoms with Gasteiger partial charge >= 0.3 is 0 Å². The Balaban J connectivity index is 1.98. The number of hydrogen-bond acceptors (Lipinski definition) is 4. The lowest BCUT2D eigenvalue weighted by atomic mass is 9.98. The van der Waals surface area contributed by atoms with Gasteiger partial charge in [-0.1, -0.05) is 25.1 Å². The van der Waals surface area contributed by atoms with Crippen molar-refractivity contribution in [2.24, 2.45) is 7.05 Å². The first-order chi connectivity index (χ1) is 10.4. The second-order valence-electron chi connectivity index (χ2n) is 5.84. The van der Waals surface area contributed by atoms with Gasteiger partial charge in [0.2, 0.25) is 0 Å². The van der Waals surface area contributed by atoms with E-state index in [1.807, 2.05) is 50.5 Å². The van der Waals surface area contributed by atoms with E-state index in [0.29, 0.717) is 0 Å². The maximum atomic E-state index is 10.7. The third kappa shape index (κ3) is 4.01. The van der Waals surface area contributed by atoms with Crippen LogP contribution in [0.25, 0.3) is 0 Å². The topological polar surface area (TPSA) is 59.3 Å². The van der Waals surface area contributed by atoms with E-state index in [1.165, 1.54) is 0 Å². The Morgan fingerprint density at radius 2 is 2.05 bits per heavy atom. The molecule has 2 N–H and O–H groups in total. The molecule has 0 aliphatic carbocycles. The van der Waals surface area contributed by atoms with Gasteiger partial charge in [-0.15, -0.1) is 0 Å². The minimum atomic E-state index is -1.00. The molecule has 2 atom stereocenters. The summed E-state index contributed by atoms with van der Waals surface area (Å²) in [7, 11) is 1.89. The van der Waals surface area contributed by atoms with Crippen molar-refractivity contribution in [2.75, 3.05) is 11.9 Å². The van der Waals surface area contributed by atoms with Crippen molar-refractivity contribution in [2.45, 2.75) is 38.8 Å². The average Bonchev–Trinajstić information content (AvgIpc) is 2.86. The number of hydrogen-bond donors (Lipinski definition) is 2. The summed E-state index contributed by atoms with van der Waals surface area (Å²) >= 11 is 0. The highest BCUT2D eigenvalue weighted by Crippen LogP contribution is 2.21. The highest BCUT2D eigenvalue weighted by Gasteiger charge is 2.30. The van der Waals surface area contributed by atoms with Crippen LogP contribution in [-0.2, 0) is 13.5 Å². The lowest BCUT2D eigenvalue weighted by Crippen LogP contribution is -2.47. The maximum Gasteiger partial charge on any atom is 0.119 e. The van der Waals surface area contributed by atoms with E-state index >= 15 is 0 Å². The molecule has 0 radical (unpaired) electrons. The summed E-state index contributed by atoms with van der Waals surface area (Å²) in [4.78, 5) is 0. The number of aromatic nitrogens is 2. The van der Waals surface area contributed by atoms with Crippen molar-refractivity contribution in [1.82, 2.24) is 9.78 Å². The highest BCUT2D eigenvalue weighted by molar-refractivity contribution is 5.47. The number of benzene rings is 1. The van der Waals surface area contributed by atoms with E-state index < -0.39 is 5.60 Å². The summed E-state index contributed by atoms with van der Waals surface area (Å²) in [6.45, 7) is 6.00. The van der Waals surface area contributed by atoms with E-state index in [-0.39, 0.29) is 12.6 Å². The third-order valence-electron chi connectivity index (χ3n) is 3.82. The van der Waals surface area contributed by atoms with Crippen LogP contribution in [0.1, 0.15) is 26.5 Å². The normalized spacial score (nSPS) is 15.1. The number of aliphatic hydroxyl groups is 1. The first-order valence-corrected chi connectivity index (χ1v) is 7.61. The molecule has 2 rings (SSSR count). The van der Waals surface area contributed by atoms with Crippen LogP contribution in [0.3, 0.4) is 0 Å². The van der Waals surface area contributed by atoms with Gasteiger partial charge < -0.3 is 15.2 Å². The summed E-state index contributed by atoms with van der Waals surface area (Å²) in [5.41, 5.74) is 0.947. The Kier molecular flexibility index (Phi) is 5.08. The molecule has 0 amide bonds. The van der Waals surface area contributed by atoms with E-state index in [0.717, 1.165) is 23.6 Å². The number of nitrogens with one attached hydrogen (secondary N) is 1. The van der Waals surface area contributed by atoms with Crippen LogP contribution in [0.2, 0.25) is 0 Å². The maximum absolute atomic E-state index is 10.7. The second kappa shape index (κ2) is 6.83. The number of ether oxygens (including phenoxy) is 1. The zero-order valence-electron chi connectivity index (χ0n) is 13.7. The van der Waals surface area contributed by atoms with Gasteiger partial charge in [0.25, 0.3) is 0 Å². The van der Waals surface area contributed by atoms with Crippen molar-refractivity contribution in [3.63, 3.8) is 0 Å². The van der Waals surface area contributed by atoms with Crippen LogP contribution in [-0.4, -0.2) is 33.1 Å². The quantitative estimate of drug-likeness (QED) is 0.825. The van der Waals surface area contributed by atoms with Gasteiger partial charge in [-0.05, 0) is 32.4 Å². The Morgan fingerprint density at radius 1 is 1.36 bits per heavy atom. The largest absolute Gasteiger partial charge is 0.491 e. The van der Waals surface area contributed by atoms with Crippen molar-refractivity contribution >= 4 is 5.69 Å². The van der Waals surface area contributed by atoms with E-state index in [4.69, 9.17) is 4.74 Å². The Morgan fingerprint density at radius 3 is 2.68 bits per heavy atom. The van der Waals surface area contributed by atoms with Crippen LogP contribution in [0.4, 0.5) is 5.69 Å². The summed E-state index contributed by atoms with van der Waals surface area (Å²) < 4.78 is 7.46. The van der Waals surface area contributed by atoms with Crippen molar-refractivity contribution < 1.29 is 9.84 Å². The zero-order chi connectivity index (χ0) is 16.2. The molecule has 0 aliphatic rings. The number of aryl methyl sites for hydroxylation is 2. The minimum absolute atomic E-state index is 0.175. The van der Waals surface area contributed by atoms with Crippen molar-refractivity contribution in [3.8, 4) is 5.75 Å². The predicted molar refractivity (Wildman–Crippen MR) is 88.2 cm³/mol. The lowest BCUT2D eigenvalue weighted by Gasteiger charge is -2.31. The predicted octanol–water partition coefficient (Wildman–Crippen LogP) is 2.61. The summed E-state index contributed by atoms with van der Waals surface area (Å²) in [5.74, 6) is 0.755. The molecular weight excluding hydrogens is 278 g/mol. The monoisotopic (exact) mass is 303 g/mol. The zero-order valence-corrected chi connectivity index (χ0v) is 13.7. The summed E-state index contributed by atoms with van der Waals surface area (Å²) in [6.07, 6.45) is 2.78. The molecule has 5 nitrogen and oxygen atoms in total. The molecule has 2 unspecified atom stereocenters. The molecular formula is C17H25N3O2. The molecule has 1 aromatic heterocycles. The molecule has 0 spiro atoms. The van der Waals surface area contributed by atoms with Gasteiger partial charge in [-0.3, -0.25) is 4.68 Å². The number of nitrogens with zero attached hydrogens (tertiary/aromatic N) is 2. The van der Waals surface area contributed by atoms with Crippen LogP contribution in [0, 0.1) is 0 Å². The molecule has 5 heteroatoms. The Labute approximate surface area is 131 Å². The SMILES string of the molecule is CCc1nn(C)cc1NC(C)C(C)(O)COc1ccccc1. The molecule has 0 bridgehead atoms. The Hall–Kier alpha value is -2.01. The number of anilines is 1. The number of para-hydroxylation sites is 1. The molecule has 0 fully saturated rings. The minimum Gasteiger partial charge on any atom is -0.491 e. The van der Waals surface area contributed by atoms with Crippen LogP contribution < -0.4 is 10.1 Å². The molecule has 1 aromatic carbocycles. The molecule has 0 aliphatic heterocycles. The summed E-state index contributed by atoms with van der Waals surface area (Å²) in [5, 5.41) is 18.4. The molecule has 0 saturated heterocycles. The lowest BCUT2D eigenvalue weighted by molar-refractivity contribution is -0.000341. The fraction of sp³-hybridized carbons (Fsp3) is 0.471. The van der Waals surface area contributed by atoms with E-state index in [9.17, 15) is 5.11 Å². The molecule has 22 heavy (non-hydrogen) atoms. The standard InChI is InChI=1S/C17H25N3O2/c1-5-15-16(11-20(4)19-15)18-13(2)17(3,21)12-22-14-9-7-6-8-10-14/h6-11,13,18,21H,5,12H2,1-4H3. The number of rotatable bonds is 7. The smallest absolute Gasteiger partial charge is 0.119 e. The van der Waals surface area contributed by atoms with Gasteiger partial charge in [-0.25, -0.2) is 0 Å². The van der Waals surface area contributed by atoms with Crippen LogP contribution >= 0.6 is 0 Å². The fourth-order valence-electron chi connectivity index (χ4n) is 2.18. The van der Waals surface area contributed by atoms with Gasteiger partial charge in [0.15, 0.2) is 0 Å². The summed E-state index contributed by atoms with van der Waals surface area (Å²) in [6, 6.07) is 9.34. The molecule has 0 saturated carbocycles. The van der Waals surface area contributed by atoms with Crippen molar-refractivity contribution in [3.05, 3.63) is 42.2 Å². The van der Waals surface area contributed by atoms with Crippen LogP contribution in [0.5, 0.6) is 5.75 Å². The first-order valence-electron chi connectivity index (χ1n) is 7.61. The van der Waals surface area contributed by atoms with Crippen molar-refractivity contribution in [1.29, 1.82) is 0 Å². The van der Waals surface area contributed by atoms with E-state index in [1.54, 1.807) is 11.6 Å². The van der Waals surface area contributed by atoms with Gasteiger partial charge in [0, 0.05) is 13.2 Å². The van der Waals surface area contributed by atoms with Gasteiger partial charge in [-0.2, -0.15) is 5.10 Å². The second-order valence-corrected chi connectivity index (χ2v) is 5.84. The molecule has 1 heterocycles. The third-order valence-corrected chi connectivity index (χ3v) is 3.82. The average molecular weight is 303 g/mol. The van der Waals surface area contributed by atoms with E-state index in [2.05, 4.69) is 17.3 Å². The first kappa shape index (κ1) is 16.4. The Bertz CT molecular complexity index is 593. The highest BCUT2D eigenvalue weighted by atomic mass is 16.5. The van der Waals surface area contributed by atoms with Crippen LogP contribution in [0.15, 0.2) is 36.5 Å². The fourth-order valence-corrected chi connectivity index (χ4v) is 2.18. The van der Waals surface area contributed by atoms with Gasteiger partial charge in [0.05, 0.1) is 17.4 Å².